The zero-order valence-electron chi connectivity index (χ0n) is 15.0. The molecule has 0 amide bonds. The third-order valence-corrected chi connectivity index (χ3v) is 4.75. The first-order chi connectivity index (χ1) is 13.4. The molecule has 0 atom stereocenters. The average Bonchev–Trinajstić information content (AvgIpc) is 3.00. The van der Waals surface area contributed by atoms with Gasteiger partial charge in [-0.15, -0.1) is 11.3 Å². The van der Waals surface area contributed by atoms with Crippen molar-refractivity contribution in [2.45, 2.75) is 26.4 Å². The predicted octanol–water partition coefficient (Wildman–Crippen LogP) is 3.22. The van der Waals surface area contributed by atoms with E-state index in [1.165, 1.54) is 12.1 Å². The van der Waals surface area contributed by atoms with Gasteiger partial charge in [-0.05, 0) is 31.2 Å². The Hall–Kier alpha value is -3.25. The number of benzene rings is 1. The fourth-order valence-electron chi connectivity index (χ4n) is 2.33. The summed E-state index contributed by atoms with van der Waals surface area (Å²) in [7, 11) is 0. The van der Waals surface area contributed by atoms with Crippen LogP contribution < -0.4 is 5.73 Å². The van der Waals surface area contributed by atoms with Crippen molar-refractivity contribution in [3.05, 3.63) is 51.7 Å². The molecule has 0 unspecified atom stereocenters. The molecular weight excluding hydrogens is 387 g/mol. The maximum atomic E-state index is 12.9. The molecule has 0 saturated carbocycles. The Labute approximate surface area is 164 Å². The Balaban J connectivity index is 1.98. The number of nitrogens with zero attached hydrogens (tertiary/aromatic N) is 1. The van der Waals surface area contributed by atoms with Gasteiger partial charge in [-0.2, -0.15) is 5.26 Å². The van der Waals surface area contributed by atoms with Crippen LogP contribution in [0.15, 0.2) is 24.3 Å². The summed E-state index contributed by atoms with van der Waals surface area (Å²) in [6, 6.07) is 6.87. The molecule has 2 N–H and O–H groups in total. The fraction of sp³-hybridized carbons (Fsp3) is 0.263. The summed E-state index contributed by atoms with van der Waals surface area (Å²) < 4.78 is 22.9. The van der Waals surface area contributed by atoms with Gasteiger partial charge in [0.25, 0.3) is 0 Å². The van der Waals surface area contributed by atoms with E-state index in [2.05, 4.69) is 0 Å². The Morgan fingerprint density at radius 1 is 1.18 bits per heavy atom. The van der Waals surface area contributed by atoms with Crippen molar-refractivity contribution in [3.63, 3.8) is 0 Å². The van der Waals surface area contributed by atoms with Crippen LogP contribution in [0.25, 0.3) is 0 Å². The van der Waals surface area contributed by atoms with E-state index >= 15 is 0 Å². The summed E-state index contributed by atoms with van der Waals surface area (Å²) in [4.78, 5) is 36.1. The SMILES string of the molecule is CCOC(=O)c1sc(N)c(C#N)c1COC(=O)CCC(=O)c1ccc(F)cc1. The minimum Gasteiger partial charge on any atom is -0.462 e. The number of nitrogens with two attached hydrogens (primary N) is 1. The maximum Gasteiger partial charge on any atom is 0.348 e. The number of esters is 2. The van der Waals surface area contributed by atoms with Gasteiger partial charge in [0.2, 0.25) is 0 Å². The van der Waals surface area contributed by atoms with E-state index in [1.807, 2.05) is 6.07 Å². The highest BCUT2D eigenvalue weighted by Gasteiger charge is 2.24. The lowest BCUT2D eigenvalue weighted by Crippen LogP contribution is -2.11. The number of ketones is 1. The molecule has 0 spiro atoms. The van der Waals surface area contributed by atoms with E-state index in [0.29, 0.717) is 0 Å². The number of ether oxygens (including phenoxy) is 2. The van der Waals surface area contributed by atoms with Gasteiger partial charge in [-0.25, -0.2) is 9.18 Å². The second kappa shape index (κ2) is 9.62. The van der Waals surface area contributed by atoms with E-state index in [-0.39, 0.29) is 58.4 Å². The van der Waals surface area contributed by atoms with Crippen molar-refractivity contribution in [2.24, 2.45) is 0 Å². The van der Waals surface area contributed by atoms with Crippen LogP contribution in [0.3, 0.4) is 0 Å². The summed E-state index contributed by atoms with van der Waals surface area (Å²) in [5.41, 5.74) is 6.27. The van der Waals surface area contributed by atoms with E-state index in [1.54, 1.807) is 6.92 Å². The Bertz CT molecular complexity index is 931. The van der Waals surface area contributed by atoms with Crippen LogP contribution in [0, 0.1) is 17.1 Å². The zero-order valence-corrected chi connectivity index (χ0v) is 15.8. The molecule has 1 aromatic carbocycles. The Morgan fingerprint density at radius 2 is 1.86 bits per heavy atom. The van der Waals surface area contributed by atoms with Crippen LogP contribution in [-0.4, -0.2) is 24.3 Å². The lowest BCUT2D eigenvalue weighted by molar-refractivity contribution is -0.144. The quantitative estimate of drug-likeness (QED) is 0.530. The molecule has 0 fully saturated rings. The molecule has 146 valence electrons. The van der Waals surface area contributed by atoms with Crippen molar-refractivity contribution in [2.75, 3.05) is 12.3 Å². The van der Waals surface area contributed by atoms with Crippen LogP contribution in [0.5, 0.6) is 0 Å². The number of carbonyl (C=O) groups is 3. The van der Waals surface area contributed by atoms with E-state index < -0.39 is 17.8 Å². The van der Waals surface area contributed by atoms with E-state index in [0.717, 1.165) is 23.5 Å². The van der Waals surface area contributed by atoms with Gasteiger partial charge < -0.3 is 15.2 Å². The standard InChI is InChI=1S/C19H17FN2O5S/c1-2-26-19(25)17-14(13(9-21)18(22)28-17)10-27-16(24)8-7-15(23)11-3-5-12(20)6-4-11/h3-6H,2,7-8,10,22H2,1H3. The number of carbonyl (C=O) groups excluding carboxylic acids is 3. The Kier molecular flexibility index (Phi) is 7.23. The minimum absolute atomic E-state index is 0.0586. The lowest BCUT2D eigenvalue weighted by Gasteiger charge is -2.07. The van der Waals surface area contributed by atoms with Gasteiger partial charge in [-0.1, -0.05) is 0 Å². The molecule has 0 aliphatic heterocycles. The number of nitriles is 1. The number of halogens is 1. The molecule has 1 aromatic heterocycles. The number of thiophene rings is 1. The van der Waals surface area contributed by atoms with Crippen molar-refractivity contribution >= 4 is 34.1 Å². The largest absolute Gasteiger partial charge is 0.462 e. The van der Waals surface area contributed by atoms with Gasteiger partial charge in [-0.3, -0.25) is 9.59 Å². The number of rotatable bonds is 8. The zero-order chi connectivity index (χ0) is 20.7. The van der Waals surface area contributed by atoms with Gasteiger partial charge in [0.15, 0.2) is 5.78 Å². The number of nitrogen functional groups attached to an aromatic ring is 1. The summed E-state index contributed by atoms with van der Waals surface area (Å²) in [5.74, 6) is -2.13. The monoisotopic (exact) mass is 404 g/mol. The molecule has 28 heavy (non-hydrogen) atoms. The third kappa shape index (κ3) is 5.14. The van der Waals surface area contributed by atoms with E-state index in [9.17, 15) is 24.0 Å². The lowest BCUT2D eigenvalue weighted by atomic mass is 10.1. The molecular formula is C19H17FN2O5S. The highest BCUT2D eigenvalue weighted by atomic mass is 32.1. The van der Waals surface area contributed by atoms with Gasteiger partial charge >= 0.3 is 11.9 Å². The molecule has 2 rings (SSSR count). The first kappa shape index (κ1) is 21.1. The molecule has 7 nitrogen and oxygen atoms in total. The molecule has 0 saturated heterocycles. The normalized spacial score (nSPS) is 10.2. The molecule has 2 aromatic rings. The second-order valence-corrected chi connectivity index (χ2v) is 6.62. The maximum absolute atomic E-state index is 12.9. The average molecular weight is 404 g/mol. The molecule has 1 heterocycles. The molecule has 0 bridgehead atoms. The van der Waals surface area contributed by atoms with Crippen molar-refractivity contribution in [3.8, 4) is 6.07 Å². The topological polar surface area (TPSA) is 119 Å². The van der Waals surface area contributed by atoms with Gasteiger partial charge in [0.1, 0.15) is 28.4 Å². The molecule has 0 aliphatic rings. The summed E-state index contributed by atoms with van der Waals surface area (Å²) >= 11 is 0.887. The minimum atomic E-state index is -0.682. The highest BCUT2D eigenvalue weighted by molar-refractivity contribution is 7.18. The summed E-state index contributed by atoms with van der Waals surface area (Å²) in [6.45, 7) is 1.44. The fourth-order valence-corrected chi connectivity index (χ4v) is 3.24. The van der Waals surface area contributed by atoms with Crippen LogP contribution >= 0.6 is 11.3 Å². The van der Waals surface area contributed by atoms with Crippen molar-refractivity contribution in [1.29, 1.82) is 5.26 Å². The first-order valence-electron chi connectivity index (χ1n) is 8.30. The van der Waals surface area contributed by atoms with Crippen LogP contribution in [-0.2, 0) is 20.9 Å². The number of hydrogen-bond donors (Lipinski definition) is 1. The molecule has 0 aliphatic carbocycles. The molecule has 9 heteroatoms. The van der Waals surface area contributed by atoms with E-state index in [4.69, 9.17) is 15.2 Å². The van der Waals surface area contributed by atoms with Crippen LogP contribution in [0.1, 0.15) is 50.9 Å². The number of Topliss-reactive ketones (excluding diaryl/α,β-unsaturated/α-hetero) is 1. The number of hydrogen-bond acceptors (Lipinski definition) is 8. The van der Waals surface area contributed by atoms with Crippen molar-refractivity contribution < 1.29 is 28.2 Å². The highest BCUT2D eigenvalue weighted by Crippen LogP contribution is 2.32. The second-order valence-electron chi connectivity index (χ2n) is 5.57. The third-order valence-electron chi connectivity index (χ3n) is 3.71. The smallest absolute Gasteiger partial charge is 0.348 e. The predicted molar refractivity (Wildman–Crippen MR) is 99.2 cm³/mol. The number of anilines is 1. The van der Waals surface area contributed by atoms with Gasteiger partial charge in [0.05, 0.1) is 18.6 Å². The Morgan fingerprint density at radius 3 is 2.46 bits per heavy atom. The van der Waals surface area contributed by atoms with Crippen molar-refractivity contribution in [1.82, 2.24) is 0 Å². The summed E-state index contributed by atoms with van der Waals surface area (Å²) in [6.07, 6.45) is -0.321. The van der Waals surface area contributed by atoms with Crippen LogP contribution in [0.2, 0.25) is 0 Å². The summed E-state index contributed by atoms with van der Waals surface area (Å²) in [5, 5.41) is 9.35. The van der Waals surface area contributed by atoms with Gasteiger partial charge in [0, 0.05) is 17.5 Å². The van der Waals surface area contributed by atoms with Crippen LogP contribution in [0.4, 0.5) is 9.39 Å². The first-order valence-corrected chi connectivity index (χ1v) is 9.11. The molecule has 0 radical (unpaired) electrons.